The van der Waals surface area contributed by atoms with Crippen molar-refractivity contribution in [3.05, 3.63) is 69.6 Å². The number of nitrogens with one attached hydrogen (secondary N) is 2. The number of amides is 2. The van der Waals surface area contributed by atoms with Crippen molar-refractivity contribution in [2.45, 2.75) is 13.8 Å². The Labute approximate surface area is 156 Å². The van der Waals surface area contributed by atoms with Crippen molar-refractivity contribution < 1.29 is 9.59 Å². The van der Waals surface area contributed by atoms with Crippen molar-refractivity contribution in [2.24, 2.45) is 4.99 Å². The predicted molar refractivity (Wildman–Crippen MR) is 107 cm³/mol. The van der Waals surface area contributed by atoms with Gasteiger partial charge in [0.05, 0.1) is 10.6 Å². The summed E-state index contributed by atoms with van der Waals surface area (Å²) in [4.78, 5) is 29.0. The van der Waals surface area contributed by atoms with Gasteiger partial charge < -0.3 is 10.6 Å². The third kappa shape index (κ3) is 3.86. The van der Waals surface area contributed by atoms with Crippen LogP contribution in [0, 0.1) is 13.8 Å². The van der Waals surface area contributed by atoms with Crippen LogP contribution in [0.25, 0.3) is 6.08 Å². The van der Waals surface area contributed by atoms with Gasteiger partial charge in [0.2, 0.25) is 0 Å². The number of aryl methyl sites for hydroxylation is 2. The Morgan fingerprint density at radius 1 is 1.12 bits per heavy atom. The molecule has 0 bridgehead atoms. The molecule has 2 aromatic rings. The molecule has 1 saturated heterocycles. The van der Waals surface area contributed by atoms with Crippen LogP contribution < -0.4 is 10.6 Å². The normalized spacial score (nSPS) is 16.8. The molecule has 0 radical (unpaired) electrons. The van der Waals surface area contributed by atoms with E-state index < -0.39 is 0 Å². The van der Waals surface area contributed by atoms with E-state index >= 15 is 0 Å². The summed E-state index contributed by atoms with van der Waals surface area (Å²) < 4.78 is 0. The molecule has 0 unspecified atom stereocenters. The number of carbonyl (C=O) groups is 2. The summed E-state index contributed by atoms with van der Waals surface area (Å²) in [5, 5.41) is 5.96. The van der Waals surface area contributed by atoms with Crippen LogP contribution >= 0.6 is 11.8 Å². The minimum Gasteiger partial charge on any atom is -0.355 e. The number of thioether (sulfide) groups is 1. The zero-order valence-electron chi connectivity index (χ0n) is 14.8. The first kappa shape index (κ1) is 17.9. The topological polar surface area (TPSA) is 70.6 Å². The number of aliphatic imine (C=N–C) groups is 1. The van der Waals surface area contributed by atoms with Gasteiger partial charge in [-0.3, -0.25) is 9.59 Å². The summed E-state index contributed by atoms with van der Waals surface area (Å²) in [7, 11) is 1.59. The average Bonchev–Trinajstić information content (AvgIpc) is 2.97. The van der Waals surface area contributed by atoms with Gasteiger partial charge in [-0.2, -0.15) is 0 Å². The Balaban J connectivity index is 1.82. The highest BCUT2D eigenvalue weighted by Gasteiger charge is 2.24. The molecule has 6 heteroatoms. The Morgan fingerprint density at radius 2 is 1.77 bits per heavy atom. The summed E-state index contributed by atoms with van der Waals surface area (Å²) in [6.45, 7) is 4.00. The summed E-state index contributed by atoms with van der Waals surface area (Å²) >= 11 is 1.31. The van der Waals surface area contributed by atoms with Crippen LogP contribution in [0.3, 0.4) is 0 Å². The minimum absolute atomic E-state index is 0.139. The van der Waals surface area contributed by atoms with Gasteiger partial charge in [-0.25, -0.2) is 4.99 Å². The molecule has 1 fully saturated rings. The fraction of sp³-hybridized carbons (Fsp3) is 0.150. The van der Waals surface area contributed by atoms with Gasteiger partial charge in [0.1, 0.15) is 0 Å². The maximum atomic E-state index is 12.2. The second-order valence-electron chi connectivity index (χ2n) is 5.92. The van der Waals surface area contributed by atoms with Crippen LogP contribution in [0.15, 0.2) is 52.4 Å². The van der Waals surface area contributed by atoms with E-state index in [9.17, 15) is 9.59 Å². The molecular formula is C20H19N3O2S. The second kappa shape index (κ2) is 7.58. The fourth-order valence-corrected chi connectivity index (χ4v) is 3.42. The number of carbonyl (C=O) groups excluding carboxylic acids is 2. The molecule has 2 aromatic carbocycles. The van der Waals surface area contributed by atoms with Gasteiger partial charge >= 0.3 is 0 Å². The maximum Gasteiger partial charge on any atom is 0.264 e. The van der Waals surface area contributed by atoms with Crippen molar-refractivity contribution in [3.8, 4) is 0 Å². The van der Waals surface area contributed by atoms with Crippen molar-refractivity contribution in [3.63, 3.8) is 0 Å². The lowest BCUT2D eigenvalue weighted by Crippen LogP contribution is -2.19. The zero-order valence-corrected chi connectivity index (χ0v) is 15.6. The molecule has 0 atom stereocenters. The molecule has 2 amide bonds. The first-order valence-electron chi connectivity index (χ1n) is 8.16. The Hall–Kier alpha value is -2.86. The predicted octanol–water partition coefficient (Wildman–Crippen LogP) is 3.55. The highest BCUT2D eigenvalue weighted by molar-refractivity contribution is 8.18. The number of amidine groups is 1. The standard InChI is InChI=1S/C20H19N3O2S/c1-12-5-4-6-13(2)17(12)22-20-23-19(25)16(26-20)11-14-7-9-15(10-8-14)18(24)21-3/h4-11H,1-3H3,(H,21,24)(H,22,23,25). The fourth-order valence-electron chi connectivity index (χ4n) is 2.59. The van der Waals surface area contributed by atoms with Gasteiger partial charge in [-0.05, 0) is 60.5 Å². The molecule has 132 valence electrons. The van der Waals surface area contributed by atoms with E-state index in [0.29, 0.717) is 15.6 Å². The van der Waals surface area contributed by atoms with E-state index in [1.807, 2.05) is 44.2 Å². The highest BCUT2D eigenvalue weighted by Crippen LogP contribution is 2.30. The van der Waals surface area contributed by atoms with Crippen LogP contribution in [-0.4, -0.2) is 24.0 Å². The van der Waals surface area contributed by atoms with Crippen molar-refractivity contribution in [2.75, 3.05) is 7.05 Å². The Kier molecular flexibility index (Phi) is 5.23. The summed E-state index contributed by atoms with van der Waals surface area (Å²) in [6, 6.07) is 13.1. The number of para-hydroxylation sites is 1. The maximum absolute atomic E-state index is 12.2. The number of hydrogen-bond donors (Lipinski definition) is 2. The van der Waals surface area contributed by atoms with Crippen LogP contribution in [0.4, 0.5) is 5.69 Å². The SMILES string of the molecule is CNC(=O)c1ccc(C=C2SC(=Nc3c(C)cccc3C)NC2=O)cc1. The van der Waals surface area contributed by atoms with Crippen molar-refractivity contribution in [1.29, 1.82) is 0 Å². The lowest BCUT2D eigenvalue weighted by Gasteiger charge is -2.04. The Bertz CT molecular complexity index is 910. The van der Waals surface area contributed by atoms with Gasteiger partial charge in [0.25, 0.3) is 11.8 Å². The van der Waals surface area contributed by atoms with E-state index in [0.717, 1.165) is 22.4 Å². The molecule has 5 nitrogen and oxygen atoms in total. The van der Waals surface area contributed by atoms with Gasteiger partial charge in [-0.1, -0.05) is 30.3 Å². The monoisotopic (exact) mass is 365 g/mol. The van der Waals surface area contributed by atoms with Gasteiger partial charge in [-0.15, -0.1) is 0 Å². The van der Waals surface area contributed by atoms with Gasteiger partial charge in [0, 0.05) is 12.6 Å². The first-order chi connectivity index (χ1) is 12.5. The van der Waals surface area contributed by atoms with E-state index in [4.69, 9.17) is 0 Å². The zero-order chi connectivity index (χ0) is 18.7. The van der Waals surface area contributed by atoms with E-state index in [2.05, 4.69) is 15.6 Å². The molecule has 2 N–H and O–H groups in total. The summed E-state index contributed by atoms with van der Waals surface area (Å²) in [5.74, 6) is -0.310. The lowest BCUT2D eigenvalue weighted by molar-refractivity contribution is -0.115. The molecular weight excluding hydrogens is 346 g/mol. The van der Waals surface area contributed by atoms with E-state index in [-0.39, 0.29) is 11.8 Å². The lowest BCUT2D eigenvalue weighted by atomic mass is 10.1. The molecule has 0 saturated carbocycles. The van der Waals surface area contributed by atoms with Crippen LogP contribution in [-0.2, 0) is 4.79 Å². The number of hydrogen-bond acceptors (Lipinski definition) is 4. The van der Waals surface area contributed by atoms with Gasteiger partial charge in [0.15, 0.2) is 5.17 Å². The summed E-state index contributed by atoms with van der Waals surface area (Å²) in [6.07, 6.45) is 1.79. The van der Waals surface area contributed by atoms with Crippen LogP contribution in [0.2, 0.25) is 0 Å². The first-order valence-corrected chi connectivity index (χ1v) is 8.97. The third-order valence-corrected chi connectivity index (χ3v) is 4.91. The third-order valence-electron chi connectivity index (χ3n) is 4.00. The van der Waals surface area contributed by atoms with E-state index in [1.54, 1.807) is 25.3 Å². The molecule has 1 heterocycles. The molecule has 0 aromatic heterocycles. The average molecular weight is 365 g/mol. The molecule has 0 spiro atoms. The second-order valence-corrected chi connectivity index (χ2v) is 6.95. The molecule has 0 aliphatic carbocycles. The molecule has 3 rings (SSSR count). The number of benzene rings is 2. The van der Waals surface area contributed by atoms with Crippen LogP contribution in [0.1, 0.15) is 27.0 Å². The largest absolute Gasteiger partial charge is 0.355 e. The molecule has 1 aliphatic heterocycles. The quantitative estimate of drug-likeness (QED) is 0.817. The Morgan fingerprint density at radius 3 is 2.38 bits per heavy atom. The minimum atomic E-state index is -0.171. The summed E-state index contributed by atoms with van der Waals surface area (Å²) in [5.41, 5.74) is 4.44. The van der Waals surface area contributed by atoms with E-state index in [1.165, 1.54) is 11.8 Å². The number of rotatable bonds is 3. The van der Waals surface area contributed by atoms with Crippen molar-refractivity contribution >= 4 is 40.5 Å². The highest BCUT2D eigenvalue weighted by atomic mass is 32.2. The van der Waals surface area contributed by atoms with Crippen molar-refractivity contribution in [1.82, 2.24) is 10.6 Å². The number of nitrogens with zero attached hydrogens (tertiary/aromatic N) is 1. The molecule has 26 heavy (non-hydrogen) atoms. The smallest absolute Gasteiger partial charge is 0.264 e. The molecule has 1 aliphatic rings. The van der Waals surface area contributed by atoms with Crippen LogP contribution in [0.5, 0.6) is 0 Å².